The summed E-state index contributed by atoms with van der Waals surface area (Å²) in [5, 5.41) is 12.5. The minimum absolute atomic E-state index is 0.0760. The Bertz CT molecular complexity index is 1540. The third kappa shape index (κ3) is 5.85. The second-order valence-corrected chi connectivity index (χ2v) is 7.96. The molecule has 0 fully saturated rings. The minimum atomic E-state index is -0.747. The third-order valence-corrected chi connectivity index (χ3v) is 5.44. The quantitative estimate of drug-likeness (QED) is 0.323. The van der Waals surface area contributed by atoms with Gasteiger partial charge in [-0.05, 0) is 50.3 Å². The molecule has 2 heterocycles. The van der Waals surface area contributed by atoms with E-state index >= 15 is 0 Å². The number of anilines is 1. The zero-order valence-corrected chi connectivity index (χ0v) is 21.3. The molecule has 10 nitrogen and oxygen atoms in total. The summed E-state index contributed by atoms with van der Waals surface area (Å²) in [5.41, 5.74) is 0.355. The van der Waals surface area contributed by atoms with Crippen molar-refractivity contribution in [3.05, 3.63) is 106 Å². The van der Waals surface area contributed by atoms with Crippen LogP contribution in [0.5, 0.6) is 11.9 Å². The lowest BCUT2D eigenvalue weighted by Gasteiger charge is -2.24. The van der Waals surface area contributed by atoms with Gasteiger partial charge >= 0.3 is 6.03 Å². The highest BCUT2D eigenvalue weighted by atomic mass is 16.5. The highest BCUT2D eigenvalue weighted by Crippen LogP contribution is 2.23. The highest BCUT2D eigenvalue weighted by molar-refractivity contribution is 6.36. The van der Waals surface area contributed by atoms with Crippen LogP contribution in [0.1, 0.15) is 19.4 Å². The predicted octanol–water partition coefficient (Wildman–Crippen LogP) is 3.80. The first-order chi connectivity index (χ1) is 19.0. The van der Waals surface area contributed by atoms with Crippen LogP contribution < -0.4 is 20.3 Å². The molecular weight excluding hydrogens is 500 g/mol. The average Bonchev–Trinajstić information content (AvgIpc) is 2.93. The lowest BCUT2D eigenvalue weighted by Crippen LogP contribution is -2.43. The SMILES string of the molecule is CCOC1=NC(=O)N(c2ccccc2)C(=O)C1=CC=CC=Cc1c(OCC)nc([O-])n(-c2ccccc2)c1=O. The van der Waals surface area contributed by atoms with E-state index in [9.17, 15) is 19.5 Å². The lowest BCUT2D eigenvalue weighted by molar-refractivity contribution is -0.285. The molecule has 0 saturated heterocycles. The van der Waals surface area contributed by atoms with Crippen LogP contribution in [0.3, 0.4) is 0 Å². The fourth-order valence-electron chi connectivity index (χ4n) is 3.75. The van der Waals surface area contributed by atoms with Gasteiger partial charge in [-0.2, -0.15) is 4.99 Å². The first-order valence-electron chi connectivity index (χ1n) is 12.2. The molecule has 0 aliphatic carbocycles. The summed E-state index contributed by atoms with van der Waals surface area (Å²) >= 11 is 0. The normalized spacial score (nSPS) is 14.9. The number of ether oxygens (including phenoxy) is 2. The molecule has 3 amide bonds. The Morgan fingerprint density at radius 2 is 1.49 bits per heavy atom. The number of amides is 3. The second kappa shape index (κ2) is 12.3. The molecule has 1 aromatic heterocycles. The maximum Gasteiger partial charge on any atom is 0.358 e. The number of hydrogen-bond acceptors (Lipinski definition) is 7. The van der Waals surface area contributed by atoms with Crippen molar-refractivity contribution in [2.75, 3.05) is 18.1 Å². The molecule has 1 aliphatic heterocycles. The van der Waals surface area contributed by atoms with Gasteiger partial charge in [0.05, 0.1) is 24.9 Å². The Balaban J connectivity index is 1.66. The first-order valence-corrected chi connectivity index (χ1v) is 12.2. The summed E-state index contributed by atoms with van der Waals surface area (Å²) < 4.78 is 11.8. The maximum atomic E-state index is 13.2. The maximum absolute atomic E-state index is 13.2. The van der Waals surface area contributed by atoms with Gasteiger partial charge in [0.1, 0.15) is 11.1 Å². The van der Waals surface area contributed by atoms with E-state index in [-0.39, 0.29) is 36.1 Å². The first kappa shape index (κ1) is 26.8. The summed E-state index contributed by atoms with van der Waals surface area (Å²) in [7, 11) is 0. The Hall–Kier alpha value is -5.25. The number of para-hydroxylation sites is 2. The van der Waals surface area contributed by atoms with Gasteiger partial charge < -0.3 is 14.6 Å². The van der Waals surface area contributed by atoms with E-state index in [2.05, 4.69) is 9.98 Å². The van der Waals surface area contributed by atoms with E-state index in [1.807, 2.05) is 0 Å². The van der Waals surface area contributed by atoms with Crippen LogP contribution in [0.15, 0.2) is 100 Å². The molecule has 39 heavy (non-hydrogen) atoms. The van der Waals surface area contributed by atoms with E-state index in [0.717, 1.165) is 9.47 Å². The average molecular weight is 526 g/mol. The largest absolute Gasteiger partial charge is 0.845 e. The van der Waals surface area contributed by atoms with Gasteiger partial charge in [-0.25, -0.2) is 14.7 Å². The van der Waals surface area contributed by atoms with Crippen LogP contribution in [0.4, 0.5) is 10.5 Å². The van der Waals surface area contributed by atoms with Gasteiger partial charge in [-0.15, -0.1) is 0 Å². The molecule has 0 bridgehead atoms. The van der Waals surface area contributed by atoms with E-state index in [1.165, 1.54) is 12.2 Å². The smallest absolute Gasteiger partial charge is 0.358 e. The Labute approximate surface area is 224 Å². The van der Waals surface area contributed by atoms with Crippen LogP contribution in [0.25, 0.3) is 11.8 Å². The van der Waals surface area contributed by atoms with E-state index in [1.54, 1.807) is 92.7 Å². The van der Waals surface area contributed by atoms with Crippen LogP contribution in [0.2, 0.25) is 0 Å². The molecule has 0 N–H and O–H groups in total. The molecular formula is C29H25N4O6-. The highest BCUT2D eigenvalue weighted by Gasteiger charge is 2.34. The molecule has 1 aliphatic rings. The van der Waals surface area contributed by atoms with Gasteiger partial charge in [0.25, 0.3) is 11.5 Å². The summed E-state index contributed by atoms with van der Waals surface area (Å²) in [4.78, 5) is 47.8. The summed E-state index contributed by atoms with van der Waals surface area (Å²) in [6.45, 7) is 3.86. The molecule has 0 spiro atoms. The number of nitrogens with zero attached hydrogens (tertiary/aromatic N) is 4. The van der Waals surface area contributed by atoms with Gasteiger partial charge in [0, 0.05) is 5.69 Å². The topological polar surface area (TPSA) is 126 Å². The van der Waals surface area contributed by atoms with E-state index < -0.39 is 23.5 Å². The standard InChI is InChI=1S/C29H26N4O6/c1-3-38-24-22(26(34)32(28(36)30-24)20-14-8-5-9-15-20)18-12-7-13-19-23-25(39-4-2)31-29(37)33(27(23)35)21-16-10-6-11-17-21/h5-19H,3-4H2,1-2H3,(H,30,36)/p-1. The van der Waals surface area contributed by atoms with Gasteiger partial charge in [0.15, 0.2) is 0 Å². The Morgan fingerprint density at radius 3 is 2.13 bits per heavy atom. The molecule has 0 radical (unpaired) electrons. The number of rotatable bonds is 8. The molecule has 4 rings (SSSR count). The van der Waals surface area contributed by atoms with E-state index in [4.69, 9.17) is 9.47 Å². The van der Waals surface area contributed by atoms with Crippen molar-refractivity contribution >= 4 is 29.6 Å². The number of hydrogen-bond donors (Lipinski definition) is 0. The zero-order valence-electron chi connectivity index (χ0n) is 21.3. The molecule has 0 atom stereocenters. The second-order valence-electron chi connectivity index (χ2n) is 7.96. The monoisotopic (exact) mass is 525 g/mol. The summed E-state index contributed by atoms with van der Waals surface area (Å²) in [6, 6.07) is 15.4. The van der Waals surface area contributed by atoms with Crippen molar-refractivity contribution in [2.24, 2.45) is 4.99 Å². The van der Waals surface area contributed by atoms with Crippen LogP contribution in [-0.2, 0) is 9.53 Å². The van der Waals surface area contributed by atoms with Crippen molar-refractivity contribution < 1.29 is 24.2 Å². The van der Waals surface area contributed by atoms with Crippen LogP contribution in [-0.4, -0.2) is 40.6 Å². The summed E-state index contributed by atoms with van der Waals surface area (Å²) in [5.74, 6) is -0.737. The zero-order chi connectivity index (χ0) is 27.8. The number of aliphatic imine (C=N–C) groups is 1. The molecule has 198 valence electrons. The molecule has 0 saturated carbocycles. The third-order valence-electron chi connectivity index (χ3n) is 5.44. The van der Waals surface area contributed by atoms with Gasteiger partial charge in [0.2, 0.25) is 11.8 Å². The summed E-state index contributed by atoms with van der Waals surface area (Å²) in [6.07, 6.45) is 7.59. The number of urea groups is 1. The Kier molecular flexibility index (Phi) is 8.47. The molecule has 2 aromatic carbocycles. The fourth-order valence-corrected chi connectivity index (χ4v) is 3.75. The van der Waals surface area contributed by atoms with Gasteiger partial charge in [-0.1, -0.05) is 54.6 Å². The van der Waals surface area contributed by atoms with Crippen molar-refractivity contribution in [3.63, 3.8) is 0 Å². The lowest BCUT2D eigenvalue weighted by atomic mass is 10.1. The number of imide groups is 1. The molecule has 10 heteroatoms. The number of benzene rings is 2. The van der Waals surface area contributed by atoms with Crippen molar-refractivity contribution in [2.45, 2.75) is 13.8 Å². The number of allylic oxidation sites excluding steroid dienone is 4. The number of aromatic nitrogens is 2. The van der Waals surface area contributed by atoms with E-state index in [0.29, 0.717) is 11.4 Å². The van der Waals surface area contributed by atoms with Crippen molar-refractivity contribution in [1.82, 2.24) is 9.55 Å². The number of carbonyl (C=O) groups excluding carboxylic acids is 2. The molecule has 0 unspecified atom stereocenters. The fraction of sp³-hybridized carbons (Fsp3) is 0.138. The number of carbonyl (C=O) groups is 2. The predicted molar refractivity (Wildman–Crippen MR) is 145 cm³/mol. The van der Waals surface area contributed by atoms with Crippen LogP contribution >= 0.6 is 0 Å². The van der Waals surface area contributed by atoms with Crippen LogP contribution in [0, 0.1) is 0 Å². The minimum Gasteiger partial charge on any atom is -0.845 e. The molecule has 3 aromatic rings. The Morgan fingerprint density at radius 1 is 0.846 bits per heavy atom. The van der Waals surface area contributed by atoms with Crippen molar-refractivity contribution in [1.29, 1.82) is 0 Å². The van der Waals surface area contributed by atoms with Crippen molar-refractivity contribution in [3.8, 4) is 17.6 Å². The van der Waals surface area contributed by atoms with Gasteiger partial charge in [-0.3, -0.25) is 14.2 Å².